The van der Waals surface area contributed by atoms with E-state index in [4.69, 9.17) is 0 Å². The van der Waals surface area contributed by atoms with Crippen molar-refractivity contribution in [1.29, 1.82) is 0 Å². The molecule has 0 aliphatic carbocycles. The smallest absolute Gasteiger partial charge is 0.405 e. The molecule has 0 bridgehead atoms. The normalized spacial score (nSPS) is 18.0. The molecule has 2 atom stereocenters. The zero-order valence-corrected chi connectivity index (χ0v) is 18.0. The lowest BCUT2D eigenvalue weighted by atomic mass is 9.89. The van der Waals surface area contributed by atoms with E-state index in [0.29, 0.717) is 6.42 Å². The average molecular weight is 418 g/mol. The van der Waals surface area contributed by atoms with E-state index in [1.54, 1.807) is 11.8 Å². The monoisotopic (exact) mass is 417 g/mol. The molecule has 2 N–H and O–H groups in total. The number of benzene rings is 2. The summed E-state index contributed by atoms with van der Waals surface area (Å²) in [6, 6.07) is 13.9. The van der Waals surface area contributed by atoms with Crippen LogP contribution >= 0.6 is 12.4 Å². The minimum absolute atomic E-state index is 0. The Labute approximate surface area is 177 Å². The molecule has 0 radical (unpaired) electrons. The van der Waals surface area contributed by atoms with Crippen LogP contribution in [0.5, 0.6) is 0 Å². The molecule has 29 heavy (non-hydrogen) atoms. The fourth-order valence-electron chi connectivity index (χ4n) is 3.98. The summed E-state index contributed by atoms with van der Waals surface area (Å²) in [5.41, 5.74) is 4.91. The van der Waals surface area contributed by atoms with Gasteiger partial charge < -0.3 is 20.2 Å². The van der Waals surface area contributed by atoms with Crippen molar-refractivity contribution in [2.24, 2.45) is 0 Å². The molecule has 2 aromatic carbocycles. The van der Waals surface area contributed by atoms with Crippen molar-refractivity contribution in [2.75, 3.05) is 19.0 Å². The maximum atomic E-state index is 12.2. The highest BCUT2D eigenvalue weighted by atomic mass is 35.5. The molecule has 0 saturated carbocycles. The number of carbonyl (C=O) groups excluding carboxylic acids is 1. The van der Waals surface area contributed by atoms with Crippen molar-refractivity contribution in [1.82, 2.24) is 10.2 Å². The van der Waals surface area contributed by atoms with Crippen molar-refractivity contribution in [3.05, 3.63) is 53.6 Å². The Hall–Kier alpha value is -2.57. The molecule has 0 saturated heterocycles. The fourth-order valence-corrected chi connectivity index (χ4v) is 3.98. The molecule has 1 heterocycles. The zero-order valence-electron chi connectivity index (χ0n) is 17.2. The minimum Gasteiger partial charge on any atom is -0.465 e. The van der Waals surface area contributed by atoms with Crippen molar-refractivity contribution in [3.63, 3.8) is 0 Å². The van der Waals surface area contributed by atoms with Gasteiger partial charge in [-0.2, -0.15) is 0 Å². The van der Waals surface area contributed by atoms with Crippen molar-refractivity contribution in [2.45, 2.75) is 38.9 Å². The first kappa shape index (κ1) is 22.7. The fraction of sp³-hybridized carbons (Fsp3) is 0.364. The molecule has 6 nitrogen and oxygen atoms in total. The number of carbonyl (C=O) groups is 2. The lowest BCUT2D eigenvalue weighted by Crippen LogP contribution is -2.45. The highest BCUT2D eigenvalue weighted by molar-refractivity contribution is 5.94. The predicted molar refractivity (Wildman–Crippen MR) is 118 cm³/mol. The molecule has 2 amide bonds. The van der Waals surface area contributed by atoms with Crippen LogP contribution < -0.4 is 10.2 Å². The number of hydrogen-bond donors (Lipinski definition) is 2. The van der Waals surface area contributed by atoms with Gasteiger partial charge in [-0.25, -0.2) is 4.79 Å². The number of anilines is 1. The van der Waals surface area contributed by atoms with Crippen LogP contribution in [0.4, 0.5) is 10.5 Å². The lowest BCUT2D eigenvalue weighted by Gasteiger charge is -2.39. The number of nitrogens with one attached hydrogen (secondary N) is 1. The van der Waals surface area contributed by atoms with Gasteiger partial charge >= 0.3 is 6.09 Å². The van der Waals surface area contributed by atoms with Crippen LogP contribution in [0.1, 0.15) is 37.4 Å². The van der Waals surface area contributed by atoms with Gasteiger partial charge in [0.25, 0.3) is 0 Å². The molecular formula is C22H28ClN3O3. The van der Waals surface area contributed by atoms with Gasteiger partial charge in [0, 0.05) is 25.2 Å². The third-order valence-electron chi connectivity index (χ3n) is 5.10. The van der Waals surface area contributed by atoms with Gasteiger partial charge in [0.1, 0.15) is 0 Å². The Balaban J connectivity index is 0.00000300. The Morgan fingerprint density at radius 1 is 1.14 bits per heavy atom. The molecule has 0 unspecified atom stereocenters. The van der Waals surface area contributed by atoms with E-state index in [1.807, 2.05) is 39.2 Å². The largest absolute Gasteiger partial charge is 0.465 e. The first-order chi connectivity index (χ1) is 13.3. The van der Waals surface area contributed by atoms with Crippen LogP contribution in [-0.2, 0) is 11.3 Å². The first-order valence-electron chi connectivity index (χ1n) is 9.43. The minimum atomic E-state index is -1.06. The van der Waals surface area contributed by atoms with Gasteiger partial charge in [-0.3, -0.25) is 4.79 Å². The van der Waals surface area contributed by atoms with E-state index in [9.17, 15) is 14.7 Å². The molecule has 0 aromatic heterocycles. The number of carboxylic acid groups (broad SMARTS) is 1. The Morgan fingerprint density at radius 2 is 1.76 bits per heavy atom. The average Bonchev–Trinajstić information content (AvgIpc) is 2.61. The molecule has 7 heteroatoms. The van der Waals surface area contributed by atoms with E-state index in [-0.39, 0.29) is 30.4 Å². The van der Waals surface area contributed by atoms with E-state index in [2.05, 4.69) is 34.5 Å². The number of rotatable bonds is 4. The SMILES string of the molecule is CC(=O)N1c2ccc(-c3ccc(CN(C)C)cc3)cc2[C@H](NC(=O)O)C[C@@H]1C.Cl. The Bertz CT molecular complexity index is 883. The maximum Gasteiger partial charge on any atom is 0.405 e. The summed E-state index contributed by atoms with van der Waals surface area (Å²) in [6.07, 6.45) is -0.512. The van der Waals surface area contributed by atoms with Crippen molar-refractivity contribution >= 4 is 30.1 Å². The maximum absolute atomic E-state index is 12.2. The molecule has 2 aromatic rings. The van der Waals surface area contributed by atoms with E-state index < -0.39 is 6.09 Å². The topological polar surface area (TPSA) is 72.9 Å². The first-order valence-corrected chi connectivity index (χ1v) is 9.43. The number of fused-ring (bicyclic) bond motifs is 1. The summed E-state index contributed by atoms with van der Waals surface area (Å²) in [6.45, 7) is 4.36. The standard InChI is InChI=1S/C22H27N3O3.ClH/c1-14-11-20(23-22(27)28)19-12-18(9-10-21(19)25(14)15(2)26)17-7-5-16(6-8-17)13-24(3)4;/h5-10,12,14,20,23H,11,13H2,1-4H3,(H,27,28);1H/t14-,20+;/m0./s1. The van der Waals surface area contributed by atoms with Gasteiger partial charge in [-0.05, 0) is 61.8 Å². The van der Waals surface area contributed by atoms with Crippen LogP contribution in [0.3, 0.4) is 0 Å². The third-order valence-corrected chi connectivity index (χ3v) is 5.10. The van der Waals surface area contributed by atoms with Crippen LogP contribution in [0.25, 0.3) is 11.1 Å². The van der Waals surface area contributed by atoms with E-state index in [1.165, 1.54) is 5.56 Å². The number of nitrogens with zero attached hydrogens (tertiary/aromatic N) is 2. The van der Waals surface area contributed by atoms with Gasteiger partial charge in [0.2, 0.25) is 5.91 Å². The van der Waals surface area contributed by atoms with E-state index in [0.717, 1.165) is 28.9 Å². The lowest BCUT2D eigenvalue weighted by molar-refractivity contribution is -0.117. The highest BCUT2D eigenvalue weighted by Crippen LogP contribution is 2.39. The van der Waals surface area contributed by atoms with Gasteiger partial charge in [-0.1, -0.05) is 30.3 Å². The number of hydrogen-bond acceptors (Lipinski definition) is 3. The molecular weight excluding hydrogens is 390 g/mol. The number of halogens is 1. The van der Waals surface area contributed by atoms with Crippen LogP contribution in [-0.4, -0.2) is 42.1 Å². The summed E-state index contributed by atoms with van der Waals surface area (Å²) >= 11 is 0. The third kappa shape index (κ3) is 5.08. The van der Waals surface area contributed by atoms with Crippen LogP contribution in [0, 0.1) is 0 Å². The summed E-state index contributed by atoms with van der Waals surface area (Å²) in [7, 11) is 4.07. The van der Waals surface area contributed by atoms with Crippen LogP contribution in [0.15, 0.2) is 42.5 Å². The molecule has 0 spiro atoms. The quantitative estimate of drug-likeness (QED) is 0.778. The summed E-state index contributed by atoms with van der Waals surface area (Å²) in [4.78, 5) is 27.3. The number of amides is 2. The van der Waals surface area contributed by atoms with Crippen molar-refractivity contribution in [3.8, 4) is 11.1 Å². The molecule has 0 fully saturated rings. The molecule has 1 aliphatic heterocycles. The van der Waals surface area contributed by atoms with E-state index >= 15 is 0 Å². The van der Waals surface area contributed by atoms with Gasteiger partial charge in [-0.15, -0.1) is 12.4 Å². The second kappa shape index (κ2) is 9.29. The summed E-state index contributed by atoms with van der Waals surface area (Å²) < 4.78 is 0. The second-order valence-corrected chi connectivity index (χ2v) is 7.68. The van der Waals surface area contributed by atoms with Crippen molar-refractivity contribution < 1.29 is 14.7 Å². The summed E-state index contributed by atoms with van der Waals surface area (Å²) in [5.74, 6) is -0.0386. The Kier molecular flexibility index (Phi) is 7.27. The van der Waals surface area contributed by atoms with Gasteiger partial charge in [0.05, 0.1) is 6.04 Å². The second-order valence-electron chi connectivity index (χ2n) is 7.68. The summed E-state index contributed by atoms with van der Waals surface area (Å²) in [5, 5.41) is 11.9. The van der Waals surface area contributed by atoms with Crippen LogP contribution in [0.2, 0.25) is 0 Å². The molecule has 1 aliphatic rings. The van der Waals surface area contributed by atoms with Gasteiger partial charge in [0.15, 0.2) is 0 Å². The molecule has 156 valence electrons. The Morgan fingerprint density at radius 3 is 2.31 bits per heavy atom. The predicted octanol–water partition coefficient (Wildman–Crippen LogP) is 4.29. The molecule has 3 rings (SSSR count). The highest BCUT2D eigenvalue weighted by Gasteiger charge is 2.33. The zero-order chi connectivity index (χ0) is 20.4.